The zero-order valence-electron chi connectivity index (χ0n) is 25.6. The minimum absolute atomic E-state index is 0.0142. The lowest BCUT2D eigenvalue weighted by atomic mass is 9.81. The number of amides is 1. The number of hydrogen-bond donors (Lipinski definition) is 0. The summed E-state index contributed by atoms with van der Waals surface area (Å²) in [5.41, 5.74) is 2.66. The predicted octanol–water partition coefficient (Wildman–Crippen LogP) is 3.82. The van der Waals surface area contributed by atoms with Crippen LogP contribution < -0.4 is 9.64 Å². The Morgan fingerprint density at radius 2 is 2.04 bits per heavy atom. The third kappa shape index (κ3) is 4.95. The molecule has 4 aliphatic heterocycles. The third-order valence-corrected chi connectivity index (χ3v) is 10.9. The number of rotatable bonds is 6. The van der Waals surface area contributed by atoms with Crippen molar-refractivity contribution in [2.24, 2.45) is 0 Å². The van der Waals surface area contributed by atoms with Crippen LogP contribution in [-0.4, -0.2) is 101 Å². The molecule has 5 aliphatic rings. The first-order valence-corrected chi connectivity index (χ1v) is 15.8. The number of likely N-dealkylation sites (N-methyl/N-ethyl adjacent to an activating group) is 1. The summed E-state index contributed by atoms with van der Waals surface area (Å²) in [5.74, 6) is -1.37. The van der Waals surface area contributed by atoms with Gasteiger partial charge in [-0.15, -0.1) is 0 Å². The van der Waals surface area contributed by atoms with E-state index >= 15 is 0 Å². The van der Waals surface area contributed by atoms with Crippen LogP contribution in [0.4, 0.5) is 19.0 Å². The molecular formula is C33H38F3N7O2. The molecule has 4 atom stereocenters. The fraction of sp³-hybridized carbons (Fsp3) is 0.576. The monoisotopic (exact) mass is 621 g/mol. The zero-order valence-corrected chi connectivity index (χ0v) is 25.6. The first-order valence-electron chi connectivity index (χ1n) is 15.8. The summed E-state index contributed by atoms with van der Waals surface area (Å²) in [7, 11) is 2.05. The van der Waals surface area contributed by atoms with Gasteiger partial charge in [-0.05, 0) is 56.5 Å². The number of fused-ring (bicyclic) bond motifs is 4. The number of benzene rings is 1. The van der Waals surface area contributed by atoms with E-state index in [0.717, 1.165) is 48.2 Å². The fourth-order valence-corrected chi connectivity index (χ4v) is 8.61. The van der Waals surface area contributed by atoms with Crippen molar-refractivity contribution in [1.82, 2.24) is 24.7 Å². The molecule has 12 heteroatoms. The first-order chi connectivity index (χ1) is 21.6. The van der Waals surface area contributed by atoms with Gasteiger partial charge in [-0.2, -0.15) is 9.97 Å². The number of alkyl halides is 1. The van der Waals surface area contributed by atoms with Gasteiger partial charge in [0.25, 0.3) is 5.91 Å². The molecule has 5 heterocycles. The normalized spacial score (nSPS) is 29.4. The second-order valence-electron chi connectivity index (χ2n) is 13.3. The van der Waals surface area contributed by atoms with Gasteiger partial charge in [0.2, 0.25) is 6.54 Å². The van der Waals surface area contributed by atoms with E-state index in [1.54, 1.807) is 6.07 Å². The molecule has 1 aromatic heterocycles. The van der Waals surface area contributed by atoms with Gasteiger partial charge >= 0.3 is 6.01 Å². The Morgan fingerprint density at radius 1 is 1.20 bits per heavy atom. The highest BCUT2D eigenvalue weighted by atomic mass is 19.1. The zero-order chi connectivity index (χ0) is 31.5. The van der Waals surface area contributed by atoms with Crippen LogP contribution in [0.2, 0.25) is 0 Å². The highest BCUT2D eigenvalue weighted by molar-refractivity contribution is 5.91. The van der Waals surface area contributed by atoms with E-state index < -0.39 is 29.5 Å². The molecule has 0 radical (unpaired) electrons. The number of halogens is 3. The van der Waals surface area contributed by atoms with Crippen molar-refractivity contribution in [2.45, 2.75) is 68.4 Å². The molecule has 1 spiro atoms. The molecule has 3 fully saturated rings. The molecule has 2 aromatic rings. The minimum atomic E-state index is -1.04. The van der Waals surface area contributed by atoms with Gasteiger partial charge in [-0.25, -0.2) is 19.7 Å². The quantitative estimate of drug-likeness (QED) is 0.359. The van der Waals surface area contributed by atoms with Crippen molar-refractivity contribution in [3.63, 3.8) is 0 Å². The van der Waals surface area contributed by atoms with Gasteiger partial charge in [-0.3, -0.25) is 14.6 Å². The van der Waals surface area contributed by atoms with Gasteiger partial charge < -0.3 is 19.4 Å². The van der Waals surface area contributed by atoms with Crippen molar-refractivity contribution in [3.05, 3.63) is 70.2 Å². The molecule has 238 valence electrons. The summed E-state index contributed by atoms with van der Waals surface area (Å²) in [6.07, 6.45) is 3.33. The first kappa shape index (κ1) is 30.0. The Labute approximate surface area is 261 Å². The van der Waals surface area contributed by atoms with Crippen LogP contribution in [-0.2, 0) is 29.7 Å². The molecule has 0 unspecified atom stereocenters. The van der Waals surface area contributed by atoms with Crippen LogP contribution >= 0.6 is 0 Å². The van der Waals surface area contributed by atoms with Crippen LogP contribution in [0.1, 0.15) is 48.1 Å². The SMILES string of the molecule is [C-]#[N+]C[C@H]1CN(c2nc(OC[C@@]34CCCN3C[C@H](F)C4)nc3c2CN(C)[C@@]2(CCc4c(F)cccc42)C3)CCN1C(=O)C(=C)F. The van der Waals surface area contributed by atoms with Gasteiger partial charge in [0.1, 0.15) is 30.5 Å². The lowest BCUT2D eigenvalue weighted by molar-refractivity contribution is -0.131. The number of aromatic nitrogens is 2. The topological polar surface area (TPSA) is 69.4 Å². The molecule has 1 aliphatic carbocycles. The number of nitrogens with zero attached hydrogens (tertiary/aromatic N) is 7. The summed E-state index contributed by atoms with van der Waals surface area (Å²) in [6, 6.07) is 4.95. The van der Waals surface area contributed by atoms with E-state index in [4.69, 9.17) is 21.3 Å². The van der Waals surface area contributed by atoms with E-state index in [1.807, 2.05) is 18.0 Å². The number of carbonyl (C=O) groups excluding carboxylic acids is 1. The van der Waals surface area contributed by atoms with E-state index in [0.29, 0.717) is 44.7 Å². The molecule has 0 saturated carbocycles. The number of ether oxygens (including phenoxy) is 1. The Morgan fingerprint density at radius 3 is 2.84 bits per heavy atom. The molecule has 1 aromatic carbocycles. The van der Waals surface area contributed by atoms with Crippen LogP contribution in [0.3, 0.4) is 0 Å². The summed E-state index contributed by atoms with van der Waals surface area (Å²) in [4.78, 5) is 33.9. The van der Waals surface area contributed by atoms with Crippen LogP contribution in [0, 0.1) is 12.4 Å². The summed E-state index contributed by atoms with van der Waals surface area (Å²) in [5, 5.41) is 0. The number of piperazine rings is 1. The van der Waals surface area contributed by atoms with E-state index in [9.17, 15) is 18.0 Å². The predicted molar refractivity (Wildman–Crippen MR) is 162 cm³/mol. The van der Waals surface area contributed by atoms with Gasteiger partial charge in [-0.1, -0.05) is 18.7 Å². The molecule has 0 bridgehead atoms. The molecule has 1 amide bonds. The summed E-state index contributed by atoms with van der Waals surface area (Å²) in [6.45, 7) is 13.6. The number of hydrogen-bond acceptors (Lipinski definition) is 7. The standard InChI is InChI=1S/C33H38F3N7O2/c1-21(34)30(44)43-13-12-41(18-23(43)16-37-2)29-25-19-40(3)33(10-8-24-26(33)6-4-7-27(24)36)15-28(25)38-31(39-29)45-20-32-9-5-11-42(32)17-22(35)14-32/h4,6-7,22-23H,1,5,8-20H2,3H3/t22-,23+,32+,33+/m1/s1. The highest BCUT2D eigenvalue weighted by Gasteiger charge is 2.50. The number of anilines is 1. The lowest BCUT2D eigenvalue weighted by Crippen LogP contribution is -2.57. The second-order valence-corrected chi connectivity index (χ2v) is 13.3. The molecule has 9 nitrogen and oxygen atoms in total. The van der Waals surface area contributed by atoms with Crippen molar-refractivity contribution in [1.29, 1.82) is 0 Å². The Bertz CT molecular complexity index is 1580. The molecule has 0 N–H and O–H groups in total. The Hall–Kier alpha value is -3.69. The van der Waals surface area contributed by atoms with Crippen molar-refractivity contribution >= 4 is 11.7 Å². The highest BCUT2D eigenvalue weighted by Crippen LogP contribution is 2.49. The molecule has 45 heavy (non-hydrogen) atoms. The molecular weight excluding hydrogens is 583 g/mol. The lowest BCUT2D eigenvalue weighted by Gasteiger charge is -2.46. The summed E-state index contributed by atoms with van der Waals surface area (Å²) >= 11 is 0. The molecule has 3 saturated heterocycles. The van der Waals surface area contributed by atoms with E-state index in [1.165, 1.54) is 11.0 Å². The maximum absolute atomic E-state index is 14.9. The summed E-state index contributed by atoms with van der Waals surface area (Å²) < 4.78 is 49.6. The second kappa shape index (κ2) is 11.3. The van der Waals surface area contributed by atoms with Gasteiger partial charge in [0.15, 0.2) is 5.83 Å². The van der Waals surface area contributed by atoms with Gasteiger partial charge in [0, 0.05) is 51.1 Å². The van der Waals surface area contributed by atoms with E-state index in [2.05, 4.69) is 21.2 Å². The third-order valence-electron chi connectivity index (χ3n) is 10.9. The maximum Gasteiger partial charge on any atom is 0.318 e. The Balaban J connectivity index is 1.25. The smallest absolute Gasteiger partial charge is 0.318 e. The van der Waals surface area contributed by atoms with Crippen LogP contribution in [0.5, 0.6) is 6.01 Å². The minimum Gasteiger partial charge on any atom is -0.461 e. The maximum atomic E-state index is 14.9. The average Bonchev–Trinajstić information content (AvgIpc) is 3.67. The largest absolute Gasteiger partial charge is 0.461 e. The fourth-order valence-electron chi connectivity index (χ4n) is 8.61. The van der Waals surface area contributed by atoms with E-state index in [-0.39, 0.29) is 43.6 Å². The van der Waals surface area contributed by atoms with Crippen molar-refractivity contribution < 1.29 is 22.7 Å². The number of carbonyl (C=O) groups is 1. The van der Waals surface area contributed by atoms with Crippen LogP contribution in [0.15, 0.2) is 30.6 Å². The van der Waals surface area contributed by atoms with Crippen LogP contribution in [0.25, 0.3) is 4.85 Å². The van der Waals surface area contributed by atoms with Crippen molar-refractivity contribution in [2.75, 3.05) is 57.8 Å². The molecule has 7 rings (SSSR count). The Kier molecular flexibility index (Phi) is 7.52. The van der Waals surface area contributed by atoms with Gasteiger partial charge in [0.05, 0.1) is 16.8 Å². The van der Waals surface area contributed by atoms with Crippen molar-refractivity contribution in [3.8, 4) is 6.01 Å². The average molecular weight is 622 g/mol.